The molecule has 22 heteroatoms. The highest BCUT2D eigenvalue weighted by Gasteiger charge is 2.37. The first-order valence-corrected chi connectivity index (χ1v) is 26.2. The summed E-state index contributed by atoms with van der Waals surface area (Å²) in [5.41, 5.74) is 3.38. The van der Waals surface area contributed by atoms with Gasteiger partial charge in [0.25, 0.3) is 6.43 Å². The van der Waals surface area contributed by atoms with Gasteiger partial charge in [0.1, 0.15) is 60.2 Å². The van der Waals surface area contributed by atoms with Gasteiger partial charge in [-0.1, -0.05) is 12.1 Å². The lowest BCUT2D eigenvalue weighted by Gasteiger charge is -2.47. The summed E-state index contributed by atoms with van der Waals surface area (Å²) < 4.78 is 57.3. The molecule has 5 atom stereocenters. The number of aliphatic hydroxyl groups is 2. The summed E-state index contributed by atoms with van der Waals surface area (Å²) in [6.07, 6.45) is -3.24. The standard InChI is InChI=1S/C53H76F2N12O8/c1-8-72-52(70)65-15-13-64(14-16-65)50-33(2)47(60-48(62-50)35-10-9-11-42(21-35)73-30-40(68)25-56-6)59-39-24-44(75-29-39)36-20-37(23-43(22-36)74-31-41(69)26-57-7)49-61-46(58-38-12-19-71-28-38)34(3)51(63-49)66-17-18-67(27-45(54)55)53(4,5)32-66/h9-11,20-23,38-41,44-45,56-57,68-69H,8,12-19,24-32H2,1-7H3,(H,58,61,63)(H,59,60,62)/t38?,39-,40?,41?,44?/m1/s1. The molecule has 6 N–H and O–H groups in total. The first-order chi connectivity index (χ1) is 36.1. The summed E-state index contributed by atoms with van der Waals surface area (Å²) in [6, 6.07) is 13.2. The molecule has 8 rings (SSSR count). The smallest absolute Gasteiger partial charge is 0.409 e. The van der Waals surface area contributed by atoms with Crippen molar-refractivity contribution in [2.45, 2.75) is 89.8 Å². The van der Waals surface area contributed by atoms with Gasteiger partial charge in [0.15, 0.2) is 11.6 Å². The van der Waals surface area contributed by atoms with Crippen molar-refractivity contribution in [1.29, 1.82) is 0 Å². The second kappa shape index (κ2) is 25.4. The van der Waals surface area contributed by atoms with Gasteiger partial charge in [-0.05, 0) is 91.0 Å². The molecular weight excluding hydrogens is 971 g/mol. The van der Waals surface area contributed by atoms with Gasteiger partial charge in [-0.25, -0.2) is 33.5 Å². The highest BCUT2D eigenvalue weighted by Crippen LogP contribution is 2.39. The van der Waals surface area contributed by atoms with E-state index in [2.05, 4.69) is 31.1 Å². The minimum absolute atomic E-state index is 0.0365. The lowest BCUT2D eigenvalue weighted by atomic mass is 9.98. The Morgan fingerprint density at radius 1 is 0.800 bits per heavy atom. The number of aromatic nitrogens is 4. The topological polar surface area (TPSA) is 216 Å². The second-order valence-electron chi connectivity index (χ2n) is 20.4. The molecule has 1 amide bonds. The summed E-state index contributed by atoms with van der Waals surface area (Å²) in [4.78, 5) is 41.2. The quantitative estimate of drug-likeness (QED) is 0.0628. The number of halogens is 2. The number of nitrogens with one attached hydrogen (secondary N) is 4. The largest absolute Gasteiger partial charge is 0.491 e. The molecule has 20 nitrogen and oxygen atoms in total. The molecule has 4 aliphatic rings. The number of hydrogen-bond acceptors (Lipinski definition) is 19. The van der Waals surface area contributed by atoms with Crippen molar-refractivity contribution in [2.75, 3.05) is 140 Å². The highest BCUT2D eigenvalue weighted by molar-refractivity contribution is 5.71. The van der Waals surface area contributed by atoms with Gasteiger partial charge in [0.05, 0.1) is 44.6 Å². The van der Waals surface area contributed by atoms with E-state index in [1.54, 1.807) is 25.9 Å². The average Bonchev–Trinajstić information content (AvgIpc) is 4.10. The lowest BCUT2D eigenvalue weighted by Crippen LogP contribution is -2.60. The van der Waals surface area contributed by atoms with Crippen LogP contribution < -0.4 is 40.5 Å². The number of alkyl halides is 2. The molecular formula is C53H76F2N12O8. The number of aliphatic hydroxyl groups excluding tert-OH is 2. The van der Waals surface area contributed by atoms with Crippen LogP contribution in [0, 0.1) is 13.8 Å². The van der Waals surface area contributed by atoms with E-state index in [9.17, 15) is 23.8 Å². The monoisotopic (exact) mass is 1050 g/mol. The van der Waals surface area contributed by atoms with Gasteiger partial charge in [-0.15, -0.1) is 0 Å². The first kappa shape index (κ1) is 55.5. The molecule has 6 heterocycles. The van der Waals surface area contributed by atoms with E-state index in [0.717, 1.165) is 34.5 Å². The number of ether oxygens (including phenoxy) is 5. The van der Waals surface area contributed by atoms with Gasteiger partial charge in [-0.2, -0.15) is 0 Å². The van der Waals surface area contributed by atoms with Crippen molar-refractivity contribution in [1.82, 2.24) is 40.4 Å². The third-order valence-corrected chi connectivity index (χ3v) is 14.1. The van der Waals surface area contributed by atoms with E-state index in [1.807, 2.05) is 75.1 Å². The van der Waals surface area contributed by atoms with Crippen molar-refractivity contribution in [3.8, 4) is 34.3 Å². The average molecular weight is 1050 g/mol. The Bertz CT molecular complexity index is 2530. The van der Waals surface area contributed by atoms with Gasteiger partial charge < -0.3 is 69.9 Å². The maximum atomic E-state index is 13.7. The molecule has 0 spiro atoms. The van der Waals surface area contributed by atoms with E-state index >= 15 is 0 Å². The fourth-order valence-corrected chi connectivity index (χ4v) is 10.1. The number of rotatable bonds is 22. The molecule has 4 saturated heterocycles. The SMILES string of the molecule is CCOC(=O)N1CCN(c2nc(-c3cccc(OCC(O)CNC)c3)nc(N[C@H]3COC(c4cc(OCC(O)CNC)cc(-c5nc(NC6CCOC6)c(C)c(N6CCN(CC(F)F)C(C)(C)C6)n5)c4)C3)c2C)CC1. The fraction of sp³-hybridized carbons (Fsp3) is 0.604. The summed E-state index contributed by atoms with van der Waals surface area (Å²) >= 11 is 0. The van der Waals surface area contributed by atoms with Crippen molar-refractivity contribution in [3.63, 3.8) is 0 Å². The van der Waals surface area contributed by atoms with Crippen molar-refractivity contribution >= 4 is 29.4 Å². The Morgan fingerprint density at radius 2 is 1.43 bits per heavy atom. The van der Waals surface area contributed by atoms with Gasteiger partial charge in [0.2, 0.25) is 0 Å². The van der Waals surface area contributed by atoms with Gasteiger partial charge in [-0.3, -0.25) is 4.90 Å². The van der Waals surface area contributed by atoms with Crippen LogP contribution >= 0.6 is 0 Å². The normalized spacial score (nSPS) is 20.9. The van der Waals surface area contributed by atoms with E-state index in [1.165, 1.54) is 0 Å². The Balaban J connectivity index is 1.10. The summed E-state index contributed by atoms with van der Waals surface area (Å²) in [5.74, 6) is 4.75. The highest BCUT2D eigenvalue weighted by atomic mass is 19.3. The number of nitrogens with zero attached hydrogens (tertiary/aromatic N) is 8. The Labute approximate surface area is 438 Å². The van der Waals surface area contributed by atoms with E-state index in [4.69, 9.17) is 43.6 Å². The zero-order valence-electron chi connectivity index (χ0n) is 44.4. The van der Waals surface area contributed by atoms with Crippen LogP contribution in [0.1, 0.15) is 56.4 Å². The number of anilines is 4. The molecule has 0 saturated carbocycles. The van der Waals surface area contributed by atoms with E-state index in [0.29, 0.717) is 138 Å². The number of likely N-dealkylation sites (N-methyl/N-ethyl adjacent to an activating group) is 2. The Kier molecular flexibility index (Phi) is 18.8. The molecule has 75 heavy (non-hydrogen) atoms. The van der Waals surface area contributed by atoms with E-state index in [-0.39, 0.29) is 37.9 Å². The minimum atomic E-state index is -2.44. The van der Waals surface area contributed by atoms with Gasteiger partial charge >= 0.3 is 6.09 Å². The molecule has 4 unspecified atom stereocenters. The molecule has 4 fully saturated rings. The maximum absolute atomic E-state index is 13.7. The van der Waals surface area contributed by atoms with Crippen molar-refractivity contribution in [2.24, 2.45) is 0 Å². The summed E-state index contributed by atoms with van der Waals surface area (Å²) in [5, 5.41) is 34.4. The Morgan fingerprint density at radius 3 is 2.05 bits per heavy atom. The van der Waals surface area contributed by atoms with E-state index < -0.39 is 30.3 Å². The molecule has 2 aromatic carbocycles. The predicted molar refractivity (Wildman–Crippen MR) is 284 cm³/mol. The minimum Gasteiger partial charge on any atom is -0.491 e. The van der Waals surface area contributed by atoms with Crippen LogP contribution in [0.5, 0.6) is 11.5 Å². The zero-order chi connectivity index (χ0) is 53.2. The fourth-order valence-electron chi connectivity index (χ4n) is 10.1. The van der Waals surface area contributed by atoms with Crippen LogP contribution in [0.2, 0.25) is 0 Å². The third kappa shape index (κ3) is 14.2. The zero-order valence-corrected chi connectivity index (χ0v) is 44.4. The van der Waals surface area contributed by atoms with Crippen LogP contribution in [-0.2, 0) is 14.2 Å². The second-order valence-corrected chi connectivity index (χ2v) is 20.4. The predicted octanol–water partition coefficient (Wildman–Crippen LogP) is 4.72. The maximum Gasteiger partial charge on any atom is 0.409 e. The number of amides is 1. The van der Waals surface area contributed by atoms with Crippen LogP contribution in [0.4, 0.5) is 36.8 Å². The third-order valence-electron chi connectivity index (χ3n) is 14.1. The molecule has 4 aliphatic heterocycles. The summed E-state index contributed by atoms with van der Waals surface area (Å²) in [7, 11) is 3.54. The number of carbonyl (C=O) groups excluding carboxylic acids is 1. The summed E-state index contributed by atoms with van der Waals surface area (Å²) in [6.45, 7) is 15.6. The molecule has 0 bridgehead atoms. The first-order valence-electron chi connectivity index (χ1n) is 26.2. The van der Waals surface area contributed by atoms with Crippen LogP contribution in [0.15, 0.2) is 42.5 Å². The lowest BCUT2D eigenvalue weighted by molar-refractivity contribution is 0.0269. The number of piperazine rings is 2. The molecule has 2 aromatic heterocycles. The van der Waals surface area contributed by atoms with Crippen LogP contribution in [-0.4, -0.2) is 201 Å². The van der Waals surface area contributed by atoms with Crippen LogP contribution in [0.3, 0.4) is 0 Å². The van der Waals surface area contributed by atoms with Crippen molar-refractivity contribution < 1.29 is 47.5 Å². The molecule has 410 valence electrons. The molecule has 4 aromatic rings. The number of hydrogen-bond donors (Lipinski definition) is 6. The van der Waals surface area contributed by atoms with Crippen LogP contribution in [0.25, 0.3) is 22.8 Å². The molecule has 0 aliphatic carbocycles. The Hall–Kier alpha value is -5.75. The number of carbonyl (C=O) groups is 1. The van der Waals surface area contributed by atoms with Crippen molar-refractivity contribution in [3.05, 3.63) is 59.2 Å². The molecule has 0 radical (unpaired) electrons. The van der Waals surface area contributed by atoms with Gasteiger partial charge in [0, 0.05) is 99.7 Å². The number of benzene rings is 2.